The molecule has 2 N–H and O–H groups in total. The summed E-state index contributed by atoms with van der Waals surface area (Å²) in [4.78, 5) is 21.8. The largest absolute Gasteiger partial charge is 0.349 e. The SMILES string of the molecule is CC(O)(O)N1C(=O)C=CC1=O. The van der Waals surface area contributed by atoms with Crippen LogP contribution in [-0.2, 0) is 9.59 Å². The van der Waals surface area contributed by atoms with Crippen LogP contribution in [0.25, 0.3) is 0 Å². The molecule has 1 aliphatic heterocycles. The summed E-state index contributed by atoms with van der Waals surface area (Å²) in [5.74, 6) is -3.84. The predicted octanol–water partition coefficient (Wildman–Crippen LogP) is -1.43. The van der Waals surface area contributed by atoms with Gasteiger partial charge in [-0.25, -0.2) is 4.90 Å². The molecule has 60 valence electrons. The van der Waals surface area contributed by atoms with Gasteiger partial charge < -0.3 is 10.2 Å². The minimum atomic E-state index is -2.41. The number of imide groups is 1. The Kier molecular flexibility index (Phi) is 1.54. The first-order valence-corrected chi connectivity index (χ1v) is 2.94. The zero-order valence-electron chi connectivity index (χ0n) is 5.81. The zero-order chi connectivity index (χ0) is 8.65. The number of aliphatic hydroxyl groups is 2. The molecule has 2 amide bonds. The molecule has 0 aromatic carbocycles. The molecule has 0 bridgehead atoms. The van der Waals surface area contributed by atoms with Crippen LogP contribution in [0.4, 0.5) is 0 Å². The van der Waals surface area contributed by atoms with E-state index in [0.717, 1.165) is 19.1 Å². The van der Waals surface area contributed by atoms with Gasteiger partial charge in [0.2, 0.25) is 0 Å². The lowest BCUT2D eigenvalue weighted by atomic mass is 10.4. The van der Waals surface area contributed by atoms with Gasteiger partial charge in [-0.2, -0.15) is 0 Å². The second-order valence-electron chi connectivity index (χ2n) is 2.32. The van der Waals surface area contributed by atoms with Crippen molar-refractivity contribution < 1.29 is 19.8 Å². The molecule has 0 radical (unpaired) electrons. The molecule has 0 fully saturated rings. The van der Waals surface area contributed by atoms with Gasteiger partial charge in [0.25, 0.3) is 17.7 Å². The van der Waals surface area contributed by atoms with Crippen LogP contribution in [0.1, 0.15) is 6.92 Å². The number of hydrogen-bond acceptors (Lipinski definition) is 4. The van der Waals surface area contributed by atoms with Gasteiger partial charge in [-0.05, 0) is 0 Å². The van der Waals surface area contributed by atoms with E-state index in [-0.39, 0.29) is 0 Å². The number of nitrogens with zero attached hydrogens (tertiary/aromatic N) is 1. The smallest absolute Gasteiger partial charge is 0.257 e. The van der Waals surface area contributed by atoms with Crippen LogP contribution >= 0.6 is 0 Å². The molecule has 0 saturated heterocycles. The summed E-state index contributed by atoms with van der Waals surface area (Å²) in [6, 6.07) is 0. The maximum atomic E-state index is 10.7. The van der Waals surface area contributed by atoms with Crippen LogP contribution in [0.15, 0.2) is 12.2 Å². The lowest BCUT2D eigenvalue weighted by Crippen LogP contribution is -2.49. The van der Waals surface area contributed by atoms with Crippen LogP contribution in [0.2, 0.25) is 0 Å². The monoisotopic (exact) mass is 157 g/mol. The average molecular weight is 157 g/mol. The molecule has 0 unspecified atom stereocenters. The standard InChI is InChI=1S/C6H7NO4/c1-6(10,11)7-4(8)2-3-5(7)9/h2-3,10-11H,1H3. The maximum absolute atomic E-state index is 10.7. The number of carbonyl (C=O) groups excluding carboxylic acids is 2. The third-order valence-corrected chi connectivity index (χ3v) is 1.23. The molecule has 11 heavy (non-hydrogen) atoms. The molecule has 0 aromatic heterocycles. The Morgan fingerprint density at radius 2 is 1.64 bits per heavy atom. The van der Waals surface area contributed by atoms with E-state index in [1.54, 1.807) is 0 Å². The summed E-state index contributed by atoms with van der Waals surface area (Å²) in [6.45, 7) is 0.940. The van der Waals surface area contributed by atoms with Gasteiger partial charge in [0.1, 0.15) is 0 Å². The average Bonchev–Trinajstić information content (AvgIpc) is 2.08. The fraction of sp³-hybridized carbons (Fsp3) is 0.333. The Hall–Kier alpha value is -1.20. The van der Waals surface area contributed by atoms with E-state index in [9.17, 15) is 9.59 Å². The van der Waals surface area contributed by atoms with Crippen molar-refractivity contribution in [2.24, 2.45) is 0 Å². The van der Waals surface area contributed by atoms with Crippen molar-refractivity contribution in [3.05, 3.63) is 12.2 Å². The maximum Gasteiger partial charge on any atom is 0.257 e. The number of carbonyl (C=O) groups is 2. The van der Waals surface area contributed by atoms with Crippen molar-refractivity contribution >= 4 is 11.8 Å². The fourth-order valence-electron chi connectivity index (χ4n) is 0.818. The normalized spacial score (nSPS) is 18.3. The first-order chi connectivity index (χ1) is 4.93. The molecular weight excluding hydrogens is 150 g/mol. The van der Waals surface area contributed by atoms with Crippen molar-refractivity contribution in [1.29, 1.82) is 0 Å². The first-order valence-electron chi connectivity index (χ1n) is 2.94. The molecule has 0 aliphatic carbocycles. The van der Waals surface area contributed by atoms with Crippen LogP contribution in [-0.4, -0.2) is 32.8 Å². The van der Waals surface area contributed by atoms with Crippen molar-refractivity contribution in [3.8, 4) is 0 Å². The number of amides is 2. The van der Waals surface area contributed by atoms with Gasteiger partial charge in [-0.15, -0.1) is 0 Å². The van der Waals surface area contributed by atoms with Crippen molar-refractivity contribution in [2.75, 3.05) is 0 Å². The van der Waals surface area contributed by atoms with Crippen LogP contribution in [0.5, 0.6) is 0 Å². The predicted molar refractivity (Wildman–Crippen MR) is 33.8 cm³/mol. The van der Waals surface area contributed by atoms with Crippen LogP contribution < -0.4 is 0 Å². The van der Waals surface area contributed by atoms with Gasteiger partial charge in [0.05, 0.1) is 0 Å². The second kappa shape index (κ2) is 2.14. The summed E-state index contributed by atoms with van der Waals surface area (Å²) in [5, 5.41) is 17.7. The lowest BCUT2D eigenvalue weighted by molar-refractivity contribution is -0.235. The van der Waals surface area contributed by atoms with E-state index in [1.807, 2.05) is 0 Å². The summed E-state index contributed by atoms with van der Waals surface area (Å²) < 4.78 is 0. The highest BCUT2D eigenvalue weighted by atomic mass is 16.5. The fourth-order valence-corrected chi connectivity index (χ4v) is 0.818. The Balaban J connectivity index is 2.91. The van der Waals surface area contributed by atoms with E-state index in [1.165, 1.54) is 0 Å². The Morgan fingerprint density at radius 3 is 1.82 bits per heavy atom. The first kappa shape index (κ1) is 7.90. The van der Waals surface area contributed by atoms with Crippen LogP contribution in [0, 0.1) is 0 Å². The quantitative estimate of drug-likeness (QED) is 0.361. The van der Waals surface area contributed by atoms with Crippen molar-refractivity contribution in [1.82, 2.24) is 4.90 Å². The molecule has 1 rings (SSSR count). The molecule has 0 saturated carbocycles. The highest BCUT2D eigenvalue weighted by molar-refractivity contribution is 6.13. The molecule has 0 atom stereocenters. The van der Waals surface area contributed by atoms with Crippen LogP contribution in [0.3, 0.4) is 0 Å². The zero-order valence-corrected chi connectivity index (χ0v) is 5.81. The molecule has 0 aromatic rings. The summed E-state index contributed by atoms with van der Waals surface area (Å²) in [6.07, 6.45) is 1.96. The molecule has 1 aliphatic rings. The van der Waals surface area contributed by atoms with E-state index >= 15 is 0 Å². The molecule has 5 nitrogen and oxygen atoms in total. The topological polar surface area (TPSA) is 77.8 Å². The second-order valence-corrected chi connectivity index (χ2v) is 2.32. The number of rotatable bonds is 1. The lowest BCUT2D eigenvalue weighted by Gasteiger charge is -2.25. The highest BCUT2D eigenvalue weighted by Gasteiger charge is 2.37. The third-order valence-electron chi connectivity index (χ3n) is 1.23. The van der Waals surface area contributed by atoms with E-state index in [0.29, 0.717) is 4.90 Å². The van der Waals surface area contributed by atoms with Gasteiger partial charge in [-0.1, -0.05) is 0 Å². The van der Waals surface area contributed by atoms with Gasteiger partial charge >= 0.3 is 0 Å². The van der Waals surface area contributed by atoms with Gasteiger partial charge in [-0.3, -0.25) is 9.59 Å². The molecule has 0 spiro atoms. The summed E-state index contributed by atoms with van der Waals surface area (Å²) >= 11 is 0. The Morgan fingerprint density at radius 1 is 1.27 bits per heavy atom. The minimum Gasteiger partial charge on any atom is -0.349 e. The van der Waals surface area contributed by atoms with E-state index in [4.69, 9.17) is 10.2 Å². The van der Waals surface area contributed by atoms with Gasteiger partial charge in [0.15, 0.2) is 0 Å². The van der Waals surface area contributed by atoms with Crippen molar-refractivity contribution in [2.45, 2.75) is 12.8 Å². The number of hydrogen-bond donors (Lipinski definition) is 2. The summed E-state index contributed by atoms with van der Waals surface area (Å²) in [5.41, 5.74) is 0. The molecule has 5 heteroatoms. The highest BCUT2D eigenvalue weighted by Crippen LogP contribution is 2.13. The molecular formula is C6H7NO4. The minimum absolute atomic E-state index is 0.354. The third kappa shape index (κ3) is 1.28. The van der Waals surface area contributed by atoms with Gasteiger partial charge in [0, 0.05) is 19.1 Å². The Labute approximate surface area is 62.5 Å². The molecule has 1 heterocycles. The van der Waals surface area contributed by atoms with Crippen molar-refractivity contribution in [3.63, 3.8) is 0 Å². The Bertz CT molecular complexity index is 219. The van der Waals surface area contributed by atoms with E-state index < -0.39 is 17.7 Å². The summed E-state index contributed by atoms with van der Waals surface area (Å²) in [7, 11) is 0. The van der Waals surface area contributed by atoms with E-state index in [2.05, 4.69) is 0 Å².